The minimum Gasteiger partial charge on any atom is -0.433 e. The number of ether oxygens (including phenoxy) is 1. The summed E-state index contributed by atoms with van der Waals surface area (Å²) >= 11 is 0. The molecule has 0 aromatic heterocycles. The number of nitrogens with two attached hydrogens (primary N) is 1. The van der Waals surface area contributed by atoms with Crippen molar-refractivity contribution in [3.05, 3.63) is 42.2 Å². The van der Waals surface area contributed by atoms with Crippen LogP contribution in [0.25, 0.3) is 5.57 Å². The third-order valence-electron chi connectivity index (χ3n) is 2.24. The Bertz CT molecular complexity index is 436. The lowest BCUT2D eigenvalue weighted by atomic mass is 9.94. The van der Waals surface area contributed by atoms with E-state index in [-0.39, 0.29) is 0 Å². The Kier molecular flexibility index (Phi) is 2.25. The lowest BCUT2D eigenvalue weighted by Crippen LogP contribution is -2.28. The van der Waals surface area contributed by atoms with Crippen LogP contribution in [0.5, 0.6) is 0 Å². The quantitative estimate of drug-likeness (QED) is 0.567. The highest BCUT2D eigenvalue weighted by atomic mass is 16.5. The maximum Gasteiger partial charge on any atom is 0.328 e. The van der Waals surface area contributed by atoms with E-state index < -0.39 is 17.8 Å². The van der Waals surface area contributed by atoms with Crippen LogP contribution >= 0.6 is 0 Å². The van der Waals surface area contributed by atoms with Crippen molar-refractivity contribution in [1.82, 2.24) is 0 Å². The monoisotopic (exact) mass is 203 g/mol. The molecule has 1 amide bonds. The first kappa shape index (κ1) is 9.45. The van der Waals surface area contributed by atoms with Gasteiger partial charge < -0.3 is 10.5 Å². The van der Waals surface area contributed by atoms with Gasteiger partial charge >= 0.3 is 5.97 Å². The number of benzene rings is 1. The number of rotatable bonds is 2. The summed E-state index contributed by atoms with van der Waals surface area (Å²) in [6.07, 6.45) is 1.28. The molecule has 4 heteroatoms. The number of hydrogen-bond acceptors (Lipinski definition) is 3. The summed E-state index contributed by atoms with van der Waals surface area (Å²) in [4.78, 5) is 22.3. The predicted octanol–water partition coefficient (Wildman–Crippen LogP) is 0.686. The minimum atomic E-state index is -0.979. The van der Waals surface area contributed by atoms with Gasteiger partial charge in [0.25, 0.3) is 0 Å². The molecule has 1 atom stereocenters. The maximum absolute atomic E-state index is 11.2. The summed E-state index contributed by atoms with van der Waals surface area (Å²) in [6, 6.07) is 9.07. The zero-order chi connectivity index (χ0) is 10.8. The van der Waals surface area contributed by atoms with Gasteiger partial charge in [0, 0.05) is 5.57 Å². The van der Waals surface area contributed by atoms with Crippen molar-refractivity contribution < 1.29 is 14.3 Å². The third-order valence-corrected chi connectivity index (χ3v) is 2.24. The molecule has 1 aliphatic heterocycles. The third kappa shape index (κ3) is 1.61. The normalized spacial score (nSPS) is 19.6. The van der Waals surface area contributed by atoms with Gasteiger partial charge in [-0.15, -0.1) is 0 Å². The molecule has 1 aliphatic rings. The van der Waals surface area contributed by atoms with E-state index in [1.165, 1.54) is 6.26 Å². The van der Waals surface area contributed by atoms with Gasteiger partial charge in [0.15, 0.2) is 5.92 Å². The van der Waals surface area contributed by atoms with E-state index in [1.54, 1.807) is 12.1 Å². The largest absolute Gasteiger partial charge is 0.433 e. The second-order valence-electron chi connectivity index (χ2n) is 3.21. The van der Waals surface area contributed by atoms with Gasteiger partial charge in [0.2, 0.25) is 5.91 Å². The van der Waals surface area contributed by atoms with E-state index in [9.17, 15) is 9.59 Å². The van der Waals surface area contributed by atoms with Crippen molar-refractivity contribution in [3.8, 4) is 0 Å². The zero-order valence-electron chi connectivity index (χ0n) is 7.84. The maximum atomic E-state index is 11.2. The van der Waals surface area contributed by atoms with Crippen molar-refractivity contribution in [2.45, 2.75) is 0 Å². The van der Waals surface area contributed by atoms with Crippen LogP contribution in [-0.4, -0.2) is 11.9 Å². The summed E-state index contributed by atoms with van der Waals surface area (Å²) in [5.41, 5.74) is 6.43. The second-order valence-corrected chi connectivity index (χ2v) is 3.21. The van der Waals surface area contributed by atoms with E-state index in [1.807, 2.05) is 18.2 Å². The first-order valence-electron chi connectivity index (χ1n) is 4.45. The van der Waals surface area contributed by atoms with Crippen LogP contribution < -0.4 is 5.73 Å². The highest BCUT2D eigenvalue weighted by Gasteiger charge is 2.35. The molecule has 15 heavy (non-hydrogen) atoms. The Morgan fingerprint density at radius 3 is 2.53 bits per heavy atom. The fourth-order valence-electron chi connectivity index (χ4n) is 1.52. The van der Waals surface area contributed by atoms with E-state index >= 15 is 0 Å². The molecule has 2 N–H and O–H groups in total. The summed E-state index contributed by atoms with van der Waals surface area (Å²) < 4.78 is 4.69. The minimum absolute atomic E-state index is 0.521. The number of carbonyl (C=O) groups excluding carboxylic acids is 2. The lowest BCUT2D eigenvalue weighted by molar-refractivity contribution is -0.142. The first-order valence-corrected chi connectivity index (χ1v) is 4.45. The molecule has 4 nitrogen and oxygen atoms in total. The molecule has 0 saturated heterocycles. The fourth-order valence-corrected chi connectivity index (χ4v) is 1.52. The van der Waals surface area contributed by atoms with Gasteiger partial charge in [0.05, 0.1) is 6.26 Å². The molecule has 0 fully saturated rings. The lowest BCUT2D eigenvalue weighted by Gasteiger charge is -2.06. The molecule has 2 rings (SSSR count). The van der Waals surface area contributed by atoms with Crippen LogP contribution in [-0.2, 0) is 14.3 Å². The van der Waals surface area contributed by atoms with Crippen LogP contribution in [0.1, 0.15) is 5.56 Å². The number of esters is 1. The predicted molar refractivity (Wildman–Crippen MR) is 53.2 cm³/mol. The topological polar surface area (TPSA) is 69.4 Å². The van der Waals surface area contributed by atoms with Crippen molar-refractivity contribution in [1.29, 1.82) is 0 Å². The van der Waals surface area contributed by atoms with Crippen LogP contribution in [0.15, 0.2) is 36.6 Å². The molecule has 0 spiro atoms. The summed E-state index contributed by atoms with van der Waals surface area (Å²) in [5.74, 6) is -2.28. The Hall–Kier alpha value is -2.10. The van der Waals surface area contributed by atoms with Gasteiger partial charge in [-0.3, -0.25) is 9.59 Å². The second kappa shape index (κ2) is 3.57. The number of amides is 1. The molecule has 1 aromatic carbocycles. The average Bonchev–Trinajstić information content (AvgIpc) is 2.61. The number of primary amides is 1. The molecule has 1 heterocycles. The summed E-state index contributed by atoms with van der Waals surface area (Å²) in [6.45, 7) is 0. The van der Waals surface area contributed by atoms with Gasteiger partial charge in [-0.2, -0.15) is 0 Å². The smallest absolute Gasteiger partial charge is 0.328 e. The SMILES string of the molecule is NC(=O)C1C(=O)OC=C1c1ccccc1. The van der Waals surface area contributed by atoms with E-state index in [0.717, 1.165) is 5.56 Å². The van der Waals surface area contributed by atoms with Crippen molar-refractivity contribution in [2.75, 3.05) is 0 Å². The Morgan fingerprint density at radius 2 is 1.93 bits per heavy atom. The molecule has 1 aromatic rings. The number of carbonyl (C=O) groups is 2. The molecule has 0 saturated carbocycles. The van der Waals surface area contributed by atoms with Crippen LogP contribution in [0.3, 0.4) is 0 Å². The van der Waals surface area contributed by atoms with E-state index in [0.29, 0.717) is 5.57 Å². The van der Waals surface area contributed by atoms with Crippen molar-refractivity contribution >= 4 is 17.4 Å². The molecule has 1 unspecified atom stereocenters. The summed E-state index contributed by atoms with van der Waals surface area (Å²) in [7, 11) is 0. The van der Waals surface area contributed by atoms with Crippen molar-refractivity contribution in [3.63, 3.8) is 0 Å². The molecule has 76 valence electrons. The summed E-state index contributed by atoms with van der Waals surface area (Å²) in [5, 5.41) is 0. The van der Waals surface area contributed by atoms with Gasteiger partial charge in [0.1, 0.15) is 0 Å². The van der Waals surface area contributed by atoms with Gasteiger partial charge in [-0.05, 0) is 5.56 Å². The number of cyclic esters (lactones) is 1. The van der Waals surface area contributed by atoms with Crippen LogP contribution in [0.2, 0.25) is 0 Å². The Morgan fingerprint density at radius 1 is 1.27 bits per heavy atom. The Balaban J connectivity index is 2.38. The standard InChI is InChI=1S/C11H9NO3/c12-10(13)9-8(6-15-11(9)14)7-4-2-1-3-5-7/h1-6,9H,(H2,12,13). The molecule has 0 bridgehead atoms. The van der Waals surface area contributed by atoms with Gasteiger partial charge in [-0.1, -0.05) is 30.3 Å². The highest BCUT2D eigenvalue weighted by molar-refractivity contribution is 6.10. The van der Waals surface area contributed by atoms with Gasteiger partial charge in [-0.25, -0.2) is 0 Å². The molecule has 0 aliphatic carbocycles. The zero-order valence-corrected chi connectivity index (χ0v) is 7.84. The molecule has 0 radical (unpaired) electrons. The van der Waals surface area contributed by atoms with Crippen LogP contribution in [0, 0.1) is 5.92 Å². The fraction of sp³-hybridized carbons (Fsp3) is 0.0909. The average molecular weight is 203 g/mol. The van der Waals surface area contributed by atoms with E-state index in [2.05, 4.69) is 0 Å². The first-order chi connectivity index (χ1) is 7.20. The van der Waals surface area contributed by atoms with E-state index in [4.69, 9.17) is 10.5 Å². The van der Waals surface area contributed by atoms with Crippen molar-refractivity contribution in [2.24, 2.45) is 11.7 Å². The number of hydrogen-bond donors (Lipinski definition) is 1. The Labute approximate surface area is 86.3 Å². The highest BCUT2D eigenvalue weighted by Crippen LogP contribution is 2.29. The van der Waals surface area contributed by atoms with Crippen LogP contribution in [0.4, 0.5) is 0 Å². The molecular weight excluding hydrogens is 194 g/mol. The molecular formula is C11H9NO3.